The van der Waals surface area contributed by atoms with E-state index < -0.39 is 21.2 Å². The molecule has 2 N–H and O–H groups in total. The Hall–Kier alpha value is -1.44. The van der Waals surface area contributed by atoms with Crippen LogP contribution in [0.2, 0.25) is 0 Å². The van der Waals surface area contributed by atoms with Crippen LogP contribution in [0.5, 0.6) is 0 Å². The summed E-state index contributed by atoms with van der Waals surface area (Å²) in [6.07, 6.45) is 19.3. The maximum Gasteiger partial charge on any atom is 0.309 e. The van der Waals surface area contributed by atoms with Crippen molar-refractivity contribution in [3.63, 3.8) is 0 Å². The Morgan fingerprint density at radius 3 is 2.27 bits per heavy atom. The molecule has 0 amide bonds. The molecule has 51 heavy (non-hydrogen) atoms. The summed E-state index contributed by atoms with van der Waals surface area (Å²) in [6, 6.07) is 0. The maximum absolute atomic E-state index is 12.2. The summed E-state index contributed by atoms with van der Waals surface area (Å²) < 4.78 is 24.1. The average Bonchev–Trinajstić information content (AvgIpc) is 3.46. The van der Waals surface area contributed by atoms with E-state index in [4.69, 9.17) is 0 Å². The number of carboxylic acid groups (broad SMARTS) is 1. The van der Waals surface area contributed by atoms with Gasteiger partial charge in [0.25, 0.3) is 0 Å². The van der Waals surface area contributed by atoms with E-state index in [9.17, 15) is 18.3 Å². The van der Waals surface area contributed by atoms with E-state index in [-0.39, 0.29) is 16.4 Å². The van der Waals surface area contributed by atoms with E-state index in [0.717, 1.165) is 32.4 Å². The van der Waals surface area contributed by atoms with Crippen molar-refractivity contribution < 1.29 is 18.3 Å². The van der Waals surface area contributed by atoms with E-state index >= 15 is 0 Å². The number of carbonyl (C=O) groups is 1. The fourth-order valence-electron chi connectivity index (χ4n) is 14.8. The monoisotopic (exact) mass is 723 g/mol. The van der Waals surface area contributed by atoms with Gasteiger partial charge in [0.2, 0.25) is 0 Å². The lowest BCUT2D eigenvalue weighted by Crippen LogP contribution is -2.68. The van der Waals surface area contributed by atoms with Crippen LogP contribution in [0.3, 0.4) is 0 Å². The molecule has 1 saturated heterocycles. The molecular weight excluding hydrogens is 653 g/mol. The molecule has 7 rings (SSSR count). The van der Waals surface area contributed by atoms with Gasteiger partial charge < -0.3 is 15.3 Å². The van der Waals surface area contributed by atoms with Gasteiger partial charge in [0.15, 0.2) is 9.84 Å². The maximum atomic E-state index is 12.2. The third-order valence-electron chi connectivity index (χ3n) is 18.1. The summed E-state index contributed by atoms with van der Waals surface area (Å²) in [5.41, 5.74) is 4.83. The summed E-state index contributed by atoms with van der Waals surface area (Å²) in [6.45, 7) is 25.3. The molecule has 4 saturated carbocycles. The van der Waals surface area contributed by atoms with Crippen molar-refractivity contribution in [1.29, 1.82) is 0 Å². The van der Waals surface area contributed by atoms with Gasteiger partial charge in [0.05, 0.1) is 16.9 Å². The van der Waals surface area contributed by atoms with Crippen LogP contribution in [0.1, 0.15) is 132 Å². The number of sulfone groups is 1. The molecule has 1 unspecified atom stereocenters. The van der Waals surface area contributed by atoms with Gasteiger partial charge in [-0.1, -0.05) is 65.8 Å². The zero-order chi connectivity index (χ0) is 36.8. The highest BCUT2D eigenvalue weighted by molar-refractivity contribution is 7.91. The zero-order valence-corrected chi connectivity index (χ0v) is 34.0. The molecule has 286 valence electrons. The van der Waals surface area contributed by atoms with Crippen molar-refractivity contribution in [1.82, 2.24) is 10.2 Å². The van der Waals surface area contributed by atoms with Crippen LogP contribution in [-0.2, 0) is 14.6 Å². The summed E-state index contributed by atoms with van der Waals surface area (Å²) in [7, 11) is -2.86. The van der Waals surface area contributed by atoms with Gasteiger partial charge >= 0.3 is 5.97 Å². The fraction of sp³-hybridized carbons (Fsp3) is 0.841. The summed E-state index contributed by atoms with van der Waals surface area (Å²) >= 11 is 0. The Kier molecular flexibility index (Phi) is 9.52. The lowest BCUT2D eigenvalue weighted by atomic mass is 9.33. The smallest absolute Gasteiger partial charge is 0.309 e. The van der Waals surface area contributed by atoms with Gasteiger partial charge in [-0.05, 0) is 153 Å². The van der Waals surface area contributed by atoms with Crippen molar-refractivity contribution in [2.75, 3.05) is 37.7 Å². The number of hydrogen-bond acceptors (Lipinski definition) is 5. The first-order valence-electron chi connectivity index (χ1n) is 20.8. The molecule has 0 spiro atoms. The molecule has 1 aliphatic heterocycles. The molecule has 0 aromatic heterocycles. The van der Waals surface area contributed by atoms with Crippen molar-refractivity contribution in [3.05, 3.63) is 35.5 Å². The normalized spacial score (nSPS) is 46.1. The van der Waals surface area contributed by atoms with Gasteiger partial charge in [0.1, 0.15) is 0 Å². The lowest BCUT2D eigenvalue weighted by Gasteiger charge is -2.72. The number of aliphatic carboxylic acids is 1. The predicted molar refractivity (Wildman–Crippen MR) is 208 cm³/mol. The number of fused-ring (bicyclic) bond motifs is 7. The Morgan fingerprint density at radius 1 is 0.922 bits per heavy atom. The van der Waals surface area contributed by atoms with Crippen molar-refractivity contribution in [2.45, 2.75) is 137 Å². The Morgan fingerprint density at radius 2 is 1.65 bits per heavy atom. The summed E-state index contributed by atoms with van der Waals surface area (Å²) in [5.74, 6) is 3.19. The van der Waals surface area contributed by atoms with Crippen molar-refractivity contribution in [2.24, 2.45) is 56.7 Å². The first kappa shape index (κ1) is 37.9. The molecule has 0 bridgehead atoms. The van der Waals surface area contributed by atoms with E-state index in [2.05, 4.69) is 70.5 Å². The second kappa shape index (κ2) is 12.8. The molecule has 6 aliphatic carbocycles. The third-order valence-corrected chi connectivity index (χ3v) is 19.7. The van der Waals surface area contributed by atoms with Crippen LogP contribution >= 0.6 is 0 Å². The van der Waals surface area contributed by atoms with Gasteiger partial charge in [-0.3, -0.25) is 4.79 Å². The quantitative estimate of drug-likeness (QED) is 0.244. The highest BCUT2D eigenvalue weighted by Crippen LogP contribution is 2.76. The van der Waals surface area contributed by atoms with E-state index in [1.54, 1.807) is 0 Å². The highest BCUT2D eigenvalue weighted by Gasteiger charge is 2.70. The van der Waals surface area contributed by atoms with Crippen LogP contribution < -0.4 is 5.32 Å². The molecule has 0 aromatic carbocycles. The third kappa shape index (κ3) is 5.73. The fourth-order valence-corrected chi connectivity index (χ4v) is 16.1. The minimum Gasteiger partial charge on any atom is -0.481 e. The predicted octanol–water partition coefficient (Wildman–Crippen LogP) is 8.84. The first-order valence-corrected chi connectivity index (χ1v) is 22.7. The average molecular weight is 723 g/mol. The summed E-state index contributed by atoms with van der Waals surface area (Å²) in [5, 5.41) is 14.3. The Labute approximate surface area is 310 Å². The second-order valence-electron chi connectivity index (χ2n) is 20.2. The van der Waals surface area contributed by atoms with Crippen LogP contribution in [0.15, 0.2) is 35.5 Å². The molecule has 0 aromatic rings. The molecule has 1 heterocycles. The Bertz CT molecular complexity index is 1580. The molecule has 7 aliphatic rings. The number of hydrogen-bond donors (Lipinski definition) is 2. The molecule has 7 heteroatoms. The molecule has 5 fully saturated rings. The minimum atomic E-state index is -2.86. The second-order valence-corrected chi connectivity index (χ2v) is 22.5. The van der Waals surface area contributed by atoms with E-state index in [1.165, 1.54) is 68.1 Å². The summed E-state index contributed by atoms with van der Waals surface area (Å²) in [4.78, 5) is 14.6. The lowest BCUT2D eigenvalue weighted by molar-refractivity contribution is -0.221. The Balaban J connectivity index is 1.13. The number of nitrogens with zero attached hydrogens (tertiary/aromatic N) is 1. The van der Waals surface area contributed by atoms with Gasteiger partial charge in [-0.25, -0.2) is 8.42 Å². The number of carboxylic acids is 1. The van der Waals surface area contributed by atoms with Crippen LogP contribution in [0.4, 0.5) is 0 Å². The van der Waals surface area contributed by atoms with Gasteiger partial charge in [-0.15, -0.1) is 0 Å². The van der Waals surface area contributed by atoms with Gasteiger partial charge in [0, 0.05) is 31.7 Å². The van der Waals surface area contributed by atoms with Crippen LogP contribution in [0.25, 0.3) is 0 Å². The largest absolute Gasteiger partial charge is 0.481 e. The van der Waals surface area contributed by atoms with E-state index in [0.29, 0.717) is 77.9 Å². The minimum absolute atomic E-state index is 0.0774. The van der Waals surface area contributed by atoms with Crippen molar-refractivity contribution >= 4 is 15.8 Å². The number of allylic oxidation sites excluding steroid dienone is 5. The SMILES string of the molecule is C=C(C)[C@@H]1CC[C@]2(NCCN3CCS(=O)(=O)CC3)CC[C@]3(C)[C@H](CC[C@@H]4[C@@]5(C)CC=C(C6=CCC(CC)(C(=O)O)CC6)C(C)(C)[C@@H]5CC[C@]43C)[C@@H]12. The molecule has 6 nitrogen and oxygen atoms in total. The van der Waals surface area contributed by atoms with E-state index in [1.807, 2.05) is 6.92 Å². The molecular formula is C44H70N2O4S. The number of rotatable bonds is 8. The first-order chi connectivity index (χ1) is 23.9. The topological polar surface area (TPSA) is 86.7 Å². The van der Waals surface area contributed by atoms with Gasteiger partial charge in [-0.2, -0.15) is 0 Å². The zero-order valence-electron chi connectivity index (χ0n) is 33.2. The van der Waals surface area contributed by atoms with Crippen LogP contribution in [0, 0.1) is 56.7 Å². The number of nitrogens with one attached hydrogen (secondary N) is 1. The standard InChI is InChI=1S/C44H70N2O4S/c1-9-43(38(47)48)19-12-31(13-20-43)33-15-17-40(6)35(39(33,4)5)16-18-42(8)36(40)11-10-34-37-32(30(2)3)14-21-44(37,23-22-41(34,42)7)45-24-25-46-26-28-51(49,50)29-27-46/h12,15,32,34-37,45H,2,9-11,13-14,16-29H2,1,3-8H3,(H,47,48)/t32-,34+,35-,36+,37+,40-,41+,42+,43?,44-/m0/s1. The van der Waals surface area contributed by atoms with Crippen LogP contribution in [-0.4, -0.2) is 67.6 Å². The highest BCUT2D eigenvalue weighted by atomic mass is 32.2. The molecule has 10 atom stereocenters. The van der Waals surface area contributed by atoms with Crippen molar-refractivity contribution in [3.8, 4) is 0 Å². The molecule has 0 radical (unpaired) electrons.